The van der Waals surface area contributed by atoms with E-state index in [-0.39, 0.29) is 12.2 Å². The van der Waals surface area contributed by atoms with Crippen LogP contribution < -0.4 is 4.74 Å². The Balaban J connectivity index is 2.01. The van der Waals surface area contributed by atoms with Gasteiger partial charge in [-0.05, 0) is 40.8 Å². The van der Waals surface area contributed by atoms with Gasteiger partial charge < -0.3 is 9.47 Å². The highest BCUT2D eigenvalue weighted by Crippen LogP contribution is 2.17. The molecule has 4 nitrogen and oxygen atoms in total. The van der Waals surface area contributed by atoms with E-state index in [0.29, 0.717) is 11.7 Å². The smallest absolute Gasteiger partial charge is 0.349 e. The van der Waals surface area contributed by atoms with Crippen LogP contribution in [0.5, 0.6) is 5.75 Å². The molecule has 0 unspecified atom stereocenters. The Kier molecular flexibility index (Phi) is 6.36. The summed E-state index contributed by atoms with van der Waals surface area (Å²) in [7, 11) is 1.58. The summed E-state index contributed by atoms with van der Waals surface area (Å²) < 4.78 is 10.3. The molecule has 0 fully saturated rings. The topological polar surface area (TPSA) is 59.3 Å². The summed E-state index contributed by atoms with van der Waals surface area (Å²) in [6.07, 6.45) is 1.50. The summed E-state index contributed by atoms with van der Waals surface area (Å²) in [4.78, 5) is 12.1. The molecule has 25 heavy (non-hydrogen) atoms. The van der Waals surface area contributed by atoms with E-state index in [0.717, 1.165) is 11.1 Å². The van der Waals surface area contributed by atoms with Gasteiger partial charge >= 0.3 is 5.97 Å². The minimum absolute atomic E-state index is 0.0380. The maximum absolute atomic E-state index is 12.1. The highest BCUT2D eigenvalue weighted by molar-refractivity contribution is 5.97. The second-order valence-corrected chi connectivity index (χ2v) is 5.92. The molecule has 0 amide bonds. The third-order valence-electron chi connectivity index (χ3n) is 3.78. The van der Waals surface area contributed by atoms with Crippen LogP contribution in [0.2, 0.25) is 0 Å². The summed E-state index contributed by atoms with van der Waals surface area (Å²) in [5.41, 5.74) is 2.81. The fourth-order valence-corrected chi connectivity index (χ4v) is 2.23. The quantitative estimate of drug-likeness (QED) is 0.444. The second kappa shape index (κ2) is 8.70. The van der Waals surface area contributed by atoms with E-state index in [1.807, 2.05) is 30.3 Å². The average molecular weight is 335 g/mol. The van der Waals surface area contributed by atoms with Gasteiger partial charge in [0.15, 0.2) is 0 Å². The molecule has 2 aromatic carbocycles. The Bertz CT molecular complexity index is 781. The van der Waals surface area contributed by atoms with E-state index in [1.165, 1.54) is 11.6 Å². The van der Waals surface area contributed by atoms with Gasteiger partial charge in [0, 0.05) is 0 Å². The zero-order valence-corrected chi connectivity index (χ0v) is 14.7. The van der Waals surface area contributed by atoms with Gasteiger partial charge in [-0.2, -0.15) is 5.26 Å². The number of carbonyl (C=O) groups excluding carboxylic acids is 1. The normalized spacial score (nSPS) is 11.1. The molecular weight excluding hydrogens is 314 g/mol. The molecule has 0 spiro atoms. The first-order chi connectivity index (χ1) is 12.0. The lowest BCUT2D eigenvalue weighted by Crippen LogP contribution is -2.07. The van der Waals surface area contributed by atoms with Crippen molar-refractivity contribution in [2.24, 2.45) is 0 Å². The molecule has 0 saturated heterocycles. The summed E-state index contributed by atoms with van der Waals surface area (Å²) in [5, 5.41) is 9.21. The number of benzene rings is 2. The van der Waals surface area contributed by atoms with Crippen molar-refractivity contribution in [1.82, 2.24) is 0 Å². The van der Waals surface area contributed by atoms with Crippen LogP contribution >= 0.6 is 0 Å². The molecule has 2 rings (SSSR count). The Labute approximate surface area is 148 Å². The van der Waals surface area contributed by atoms with Crippen LogP contribution in [0.15, 0.2) is 54.1 Å². The van der Waals surface area contributed by atoms with E-state index in [9.17, 15) is 10.1 Å². The number of hydrogen-bond acceptors (Lipinski definition) is 4. The summed E-state index contributed by atoms with van der Waals surface area (Å²) >= 11 is 0. The van der Waals surface area contributed by atoms with Gasteiger partial charge in [-0.15, -0.1) is 0 Å². The van der Waals surface area contributed by atoms with Crippen molar-refractivity contribution in [3.63, 3.8) is 0 Å². The Hall–Kier alpha value is -3.06. The highest BCUT2D eigenvalue weighted by Gasteiger charge is 2.11. The molecule has 0 radical (unpaired) electrons. The number of nitriles is 1. The first-order valence-electron chi connectivity index (χ1n) is 8.05. The average Bonchev–Trinajstić information content (AvgIpc) is 2.65. The van der Waals surface area contributed by atoms with Gasteiger partial charge in [-0.3, -0.25) is 0 Å². The lowest BCUT2D eigenvalue weighted by atomic mass is 10.0. The number of carbonyl (C=O) groups is 1. The lowest BCUT2D eigenvalue weighted by molar-refractivity contribution is -0.139. The van der Waals surface area contributed by atoms with Crippen molar-refractivity contribution in [2.45, 2.75) is 26.4 Å². The molecule has 0 atom stereocenters. The molecule has 0 aromatic heterocycles. The van der Waals surface area contributed by atoms with Crippen LogP contribution in [-0.2, 0) is 16.1 Å². The fourth-order valence-electron chi connectivity index (χ4n) is 2.23. The van der Waals surface area contributed by atoms with E-state index in [2.05, 4.69) is 13.8 Å². The number of ether oxygens (including phenoxy) is 2. The van der Waals surface area contributed by atoms with Gasteiger partial charge in [0.1, 0.15) is 24.0 Å². The molecule has 4 heteroatoms. The largest absolute Gasteiger partial charge is 0.497 e. The maximum atomic E-state index is 12.1. The minimum atomic E-state index is -0.633. The minimum Gasteiger partial charge on any atom is -0.497 e. The summed E-state index contributed by atoms with van der Waals surface area (Å²) in [6.45, 7) is 4.38. The molecule has 0 N–H and O–H groups in total. The summed E-state index contributed by atoms with van der Waals surface area (Å²) in [5.74, 6) is 0.531. The fraction of sp³-hybridized carbons (Fsp3) is 0.238. The predicted molar refractivity (Wildman–Crippen MR) is 96.9 cm³/mol. The molecule has 0 heterocycles. The molecule has 0 aliphatic carbocycles. The maximum Gasteiger partial charge on any atom is 0.349 e. The van der Waals surface area contributed by atoms with Crippen LogP contribution in [0.4, 0.5) is 0 Å². The van der Waals surface area contributed by atoms with Crippen molar-refractivity contribution in [3.05, 3.63) is 70.8 Å². The molecule has 0 aliphatic heterocycles. The van der Waals surface area contributed by atoms with Crippen molar-refractivity contribution >= 4 is 12.0 Å². The number of methoxy groups -OCH3 is 1. The number of esters is 1. The molecule has 0 aliphatic rings. The van der Waals surface area contributed by atoms with Crippen LogP contribution in [-0.4, -0.2) is 13.1 Å². The van der Waals surface area contributed by atoms with Gasteiger partial charge in [-0.25, -0.2) is 4.79 Å². The third kappa shape index (κ3) is 5.22. The number of hydrogen-bond donors (Lipinski definition) is 0. The van der Waals surface area contributed by atoms with E-state index < -0.39 is 5.97 Å². The van der Waals surface area contributed by atoms with Crippen molar-refractivity contribution in [1.29, 1.82) is 5.26 Å². The van der Waals surface area contributed by atoms with E-state index in [1.54, 1.807) is 31.4 Å². The lowest BCUT2D eigenvalue weighted by Gasteiger charge is -2.08. The van der Waals surface area contributed by atoms with Gasteiger partial charge in [-0.1, -0.05) is 50.2 Å². The molecule has 2 aromatic rings. The van der Waals surface area contributed by atoms with Crippen molar-refractivity contribution in [2.75, 3.05) is 7.11 Å². The van der Waals surface area contributed by atoms with Gasteiger partial charge in [0.25, 0.3) is 0 Å². The highest BCUT2D eigenvalue weighted by atomic mass is 16.5. The van der Waals surface area contributed by atoms with Crippen LogP contribution in [0.1, 0.15) is 36.5 Å². The standard InChI is InChI=1S/C21H21NO3/c1-15(2)18-8-4-17(5-9-18)14-25-21(23)19(13-22)12-16-6-10-20(24-3)11-7-16/h4-12,15H,14H2,1-3H3/b19-12+. The van der Waals surface area contributed by atoms with Crippen LogP contribution in [0.3, 0.4) is 0 Å². The SMILES string of the molecule is COc1ccc(/C=C(\C#N)C(=O)OCc2ccc(C(C)C)cc2)cc1. The second-order valence-electron chi connectivity index (χ2n) is 5.92. The Morgan fingerprint density at radius 3 is 2.28 bits per heavy atom. The van der Waals surface area contributed by atoms with Crippen LogP contribution in [0, 0.1) is 11.3 Å². The predicted octanol–water partition coefficient (Wildman–Crippen LogP) is 4.47. The van der Waals surface area contributed by atoms with E-state index in [4.69, 9.17) is 9.47 Å². The first-order valence-corrected chi connectivity index (χ1v) is 8.05. The number of rotatable bonds is 6. The van der Waals surface area contributed by atoms with Crippen LogP contribution in [0.25, 0.3) is 6.08 Å². The zero-order valence-electron chi connectivity index (χ0n) is 14.7. The summed E-state index contributed by atoms with van der Waals surface area (Å²) in [6, 6.07) is 16.9. The van der Waals surface area contributed by atoms with Gasteiger partial charge in [0.05, 0.1) is 7.11 Å². The molecular formula is C21H21NO3. The van der Waals surface area contributed by atoms with Crippen molar-refractivity contribution in [3.8, 4) is 11.8 Å². The van der Waals surface area contributed by atoms with Gasteiger partial charge in [0.2, 0.25) is 0 Å². The van der Waals surface area contributed by atoms with E-state index >= 15 is 0 Å². The third-order valence-corrected chi connectivity index (χ3v) is 3.78. The molecule has 0 saturated carbocycles. The molecule has 128 valence electrons. The molecule has 0 bridgehead atoms. The first kappa shape index (κ1) is 18.3. The monoisotopic (exact) mass is 335 g/mol. The Morgan fingerprint density at radius 2 is 1.76 bits per heavy atom. The zero-order chi connectivity index (χ0) is 18.2. The van der Waals surface area contributed by atoms with Crippen molar-refractivity contribution < 1.29 is 14.3 Å². The number of nitrogens with zero attached hydrogens (tertiary/aromatic N) is 1. The Morgan fingerprint density at radius 1 is 1.12 bits per heavy atom.